The van der Waals surface area contributed by atoms with Crippen LogP contribution in [0.3, 0.4) is 0 Å². The van der Waals surface area contributed by atoms with Crippen molar-refractivity contribution in [2.24, 2.45) is 0 Å². The fourth-order valence-electron chi connectivity index (χ4n) is 3.47. The Morgan fingerprint density at radius 3 is 2.90 bits per heavy atom. The lowest BCUT2D eigenvalue weighted by molar-refractivity contribution is 0.0692. The molecule has 1 saturated heterocycles. The van der Waals surface area contributed by atoms with Gasteiger partial charge in [-0.25, -0.2) is 0 Å². The van der Waals surface area contributed by atoms with Gasteiger partial charge in [0, 0.05) is 24.0 Å². The first-order valence-corrected chi connectivity index (χ1v) is 10.4. The van der Waals surface area contributed by atoms with Gasteiger partial charge in [0.2, 0.25) is 11.8 Å². The van der Waals surface area contributed by atoms with Crippen molar-refractivity contribution >= 4 is 17.2 Å². The molecule has 146 valence electrons. The van der Waals surface area contributed by atoms with Gasteiger partial charge in [0.15, 0.2) is 5.69 Å². The van der Waals surface area contributed by atoms with Gasteiger partial charge in [0.05, 0.1) is 17.8 Å². The molecule has 1 aromatic carbocycles. The lowest BCUT2D eigenvalue weighted by Crippen LogP contribution is -2.39. The van der Waals surface area contributed by atoms with Crippen LogP contribution in [-0.2, 0) is 0 Å². The Bertz CT molecular complexity index is 1110. The van der Waals surface area contributed by atoms with Crippen LogP contribution in [0.4, 0.5) is 0 Å². The van der Waals surface area contributed by atoms with Crippen molar-refractivity contribution in [3.05, 3.63) is 64.9 Å². The summed E-state index contributed by atoms with van der Waals surface area (Å²) in [6.07, 6.45) is 3.30. The van der Waals surface area contributed by atoms with Crippen LogP contribution < -0.4 is 0 Å². The molecule has 5 rings (SSSR count). The summed E-state index contributed by atoms with van der Waals surface area (Å²) in [5.74, 6) is 0.998. The maximum Gasteiger partial charge on any atom is 0.276 e. The maximum atomic E-state index is 13.0. The molecule has 0 saturated carbocycles. The summed E-state index contributed by atoms with van der Waals surface area (Å²) in [5.41, 5.74) is 2.07. The first kappa shape index (κ1) is 17.7. The van der Waals surface area contributed by atoms with Gasteiger partial charge in [-0.05, 0) is 36.4 Å². The number of para-hydroxylation sites is 1. The molecule has 0 spiro atoms. The molecular formula is C20H18N6O2S. The Kier molecular flexibility index (Phi) is 4.65. The van der Waals surface area contributed by atoms with Crippen molar-refractivity contribution in [1.82, 2.24) is 30.1 Å². The molecule has 8 nitrogen and oxygen atoms in total. The van der Waals surface area contributed by atoms with Crippen LogP contribution in [0.25, 0.3) is 17.1 Å². The predicted molar refractivity (Wildman–Crippen MR) is 107 cm³/mol. The summed E-state index contributed by atoms with van der Waals surface area (Å²) in [5, 5.41) is 20.9. The number of piperidine rings is 1. The normalized spacial score (nSPS) is 16.8. The summed E-state index contributed by atoms with van der Waals surface area (Å²) in [4.78, 5) is 16.2. The minimum atomic E-state index is -0.130. The SMILES string of the molecule is O=C(c1cnn(-c2ccccc2)n1)N1CCC[C@@H](c2nnc(-c3ccsc3)o2)C1. The first-order chi connectivity index (χ1) is 14.3. The molecule has 4 aromatic rings. The van der Waals surface area contributed by atoms with Crippen LogP contribution in [0.1, 0.15) is 35.1 Å². The average Bonchev–Trinajstić information content (AvgIpc) is 3.55. The third-order valence-electron chi connectivity index (χ3n) is 4.96. The third kappa shape index (κ3) is 3.56. The van der Waals surface area contributed by atoms with E-state index >= 15 is 0 Å². The number of carbonyl (C=O) groups is 1. The summed E-state index contributed by atoms with van der Waals surface area (Å²) in [7, 11) is 0. The van der Waals surface area contributed by atoms with Crippen LogP contribution in [0.15, 0.2) is 57.8 Å². The number of carbonyl (C=O) groups excluding carboxylic acids is 1. The Morgan fingerprint density at radius 1 is 1.17 bits per heavy atom. The fraction of sp³-hybridized carbons (Fsp3) is 0.250. The quantitative estimate of drug-likeness (QED) is 0.516. The molecule has 1 fully saturated rings. The molecule has 9 heteroatoms. The number of rotatable bonds is 4. The molecule has 1 aliphatic rings. The number of hydrogen-bond donors (Lipinski definition) is 0. The van der Waals surface area contributed by atoms with Crippen molar-refractivity contribution in [1.29, 1.82) is 0 Å². The van der Waals surface area contributed by atoms with E-state index in [0.29, 0.717) is 30.6 Å². The number of amides is 1. The highest BCUT2D eigenvalue weighted by molar-refractivity contribution is 7.08. The van der Waals surface area contributed by atoms with Crippen molar-refractivity contribution in [3.8, 4) is 17.1 Å². The molecule has 0 N–H and O–H groups in total. The number of thiophene rings is 1. The topological polar surface area (TPSA) is 89.9 Å². The number of aromatic nitrogens is 5. The van der Waals surface area contributed by atoms with E-state index in [2.05, 4.69) is 20.4 Å². The van der Waals surface area contributed by atoms with Crippen LogP contribution in [0.2, 0.25) is 0 Å². The van der Waals surface area contributed by atoms with Gasteiger partial charge in [-0.3, -0.25) is 4.79 Å². The monoisotopic (exact) mass is 406 g/mol. The van der Waals surface area contributed by atoms with E-state index < -0.39 is 0 Å². The second kappa shape index (κ2) is 7.59. The van der Waals surface area contributed by atoms with Gasteiger partial charge < -0.3 is 9.32 Å². The zero-order valence-electron chi connectivity index (χ0n) is 15.5. The van der Waals surface area contributed by atoms with Crippen molar-refractivity contribution in [2.75, 3.05) is 13.1 Å². The van der Waals surface area contributed by atoms with Gasteiger partial charge in [0.25, 0.3) is 5.91 Å². The van der Waals surface area contributed by atoms with Gasteiger partial charge in [0.1, 0.15) is 0 Å². The fourth-order valence-corrected chi connectivity index (χ4v) is 4.10. The van der Waals surface area contributed by atoms with Gasteiger partial charge >= 0.3 is 0 Å². The van der Waals surface area contributed by atoms with E-state index in [-0.39, 0.29) is 11.8 Å². The number of nitrogens with zero attached hydrogens (tertiary/aromatic N) is 6. The molecule has 4 heterocycles. The number of benzene rings is 1. The molecule has 29 heavy (non-hydrogen) atoms. The van der Waals surface area contributed by atoms with E-state index in [1.54, 1.807) is 16.2 Å². The predicted octanol–water partition coefficient (Wildman–Crippen LogP) is 3.40. The molecular weight excluding hydrogens is 388 g/mol. The molecule has 3 aromatic heterocycles. The average molecular weight is 406 g/mol. The smallest absolute Gasteiger partial charge is 0.276 e. The minimum absolute atomic E-state index is 0.0248. The molecule has 0 bridgehead atoms. The minimum Gasteiger partial charge on any atom is -0.420 e. The summed E-state index contributed by atoms with van der Waals surface area (Å²) in [6, 6.07) is 11.5. The van der Waals surface area contributed by atoms with Gasteiger partial charge in [-0.2, -0.15) is 21.2 Å². The van der Waals surface area contributed by atoms with E-state index in [1.807, 2.05) is 47.2 Å². The summed E-state index contributed by atoms with van der Waals surface area (Å²) in [6.45, 7) is 1.21. The summed E-state index contributed by atoms with van der Waals surface area (Å²) >= 11 is 1.59. The highest BCUT2D eigenvalue weighted by Crippen LogP contribution is 2.29. The molecule has 1 amide bonds. The first-order valence-electron chi connectivity index (χ1n) is 9.41. The number of hydrogen-bond acceptors (Lipinski definition) is 7. The zero-order valence-corrected chi connectivity index (χ0v) is 16.3. The Morgan fingerprint density at radius 2 is 2.07 bits per heavy atom. The molecule has 1 aliphatic heterocycles. The van der Waals surface area contributed by atoms with Crippen LogP contribution in [-0.4, -0.2) is 49.1 Å². The van der Waals surface area contributed by atoms with Gasteiger partial charge in [-0.1, -0.05) is 18.2 Å². The lowest BCUT2D eigenvalue weighted by atomic mass is 9.98. The largest absolute Gasteiger partial charge is 0.420 e. The second-order valence-corrected chi connectivity index (χ2v) is 7.68. The van der Waals surface area contributed by atoms with E-state index in [1.165, 1.54) is 11.0 Å². The zero-order chi connectivity index (χ0) is 19.6. The van der Waals surface area contributed by atoms with Crippen LogP contribution in [0, 0.1) is 0 Å². The number of likely N-dealkylation sites (tertiary alicyclic amines) is 1. The van der Waals surface area contributed by atoms with Crippen molar-refractivity contribution in [3.63, 3.8) is 0 Å². The summed E-state index contributed by atoms with van der Waals surface area (Å²) < 4.78 is 5.88. The van der Waals surface area contributed by atoms with Crippen LogP contribution in [0.5, 0.6) is 0 Å². The molecule has 0 unspecified atom stereocenters. The maximum absolute atomic E-state index is 13.0. The standard InChI is InChI=1S/C20H18N6O2S/c27-20(17-11-21-26(24-17)16-6-2-1-3-7-16)25-9-4-5-14(12-25)18-22-23-19(28-18)15-8-10-29-13-15/h1-3,6-8,10-11,13-14H,4-5,9,12H2/t14-/m1/s1. The van der Waals surface area contributed by atoms with Gasteiger partial charge in [-0.15, -0.1) is 15.3 Å². The highest BCUT2D eigenvalue weighted by atomic mass is 32.1. The molecule has 0 aliphatic carbocycles. The third-order valence-corrected chi connectivity index (χ3v) is 5.65. The lowest BCUT2D eigenvalue weighted by Gasteiger charge is -2.30. The molecule has 1 atom stereocenters. The van der Waals surface area contributed by atoms with E-state index in [4.69, 9.17) is 4.42 Å². The van der Waals surface area contributed by atoms with E-state index in [0.717, 1.165) is 24.1 Å². The Balaban J connectivity index is 1.31. The molecule has 0 radical (unpaired) electrons. The highest BCUT2D eigenvalue weighted by Gasteiger charge is 2.30. The van der Waals surface area contributed by atoms with Crippen LogP contribution >= 0.6 is 11.3 Å². The second-order valence-electron chi connectivity index (χ2n) is 6.90. The van der Waals surface area contributed by atoms with Crippen molar-refractivity contribution < 1.29 is 9.21 Å². The van der Waals surface area contributed by atoms with E-state index in [9.17, 15) is 4.79 Å². The Labute approximate surface area is 170 Å². The Hall–Kier alpha value is -3.33. The van der Waals surface area contributed by atoms with Crippen molar-refractivity contribution in [2.45, 2.75) is 18.8 Å².